The topological polar surface area (TPSA) is 15.3 Å². The Morgan fingerprint density at radius 1 is 1.26 bits per heavy atom. The van der Waals surface area contributed by atoms with E-state index in [-0.39, 0.29) is 0 Å². The smallest absolute Gasteiger partial charge is 0.0108 e. The van der Waals surface area contributed by atoms with Gasteiger partial charge in [0.2, 0.25) is 0 Å². The summed E-state index contributed by atoms with van der Waals surface area (Å²) < 4.78 is 0. The van der Waals surface area contributed by atoms with E-state index in [1.54, 1.807) is 0 Å². The third-order valence-corrected chi connectivity index (χ3v) is 4.69. The van der Waals surface area contributed by atoms with Crippen LogP contribution in [0.3, 0.4) is 0 Å². The van der Waals surface area contributed by atoms with Crippen molar-refractivity contribution in [2.24, 2.45) is 11.3 Å². The first-order valence-electron chi connectivity index (χ1n) is 8.37. The lowest BCUT2D eigenvalue weighted by Crippen LogP contribution is -2.48. The molecule has 0 bridgehead atoms. The van der Waals surface area contributed by atoms with Gasteiger partial charge in [-0.2, -0.15) is 0 Å². The molecule has 1 fully saturated rings. The van der Waals surface area contributed by atoms with Gasteiger partial charge in [0.1, 0.15) is 0 Å². The second-order valence-electron chi connectivity index (χ2n) is 7.42. The Morgan fingerprint density at radius 3 is 2.47 bits per heavy atom. The summed E-state index contributed by atoms with van der Waals surface area (Å²) in [5, 5.41) is 3.73. The number of nitrogens with zero attached hydrogens (tertiary/aromatic N) is 1. The normalized spacial score (nSPS) is 27.2. The lowest BCUT2D eigenvalue weighted by molar-refractivity contribution is 0.0881. The number of hydrogen-bond donors (Lipinski definition) is 1. The van der Waals surface area contributed by atoms with E-state index < -0.39 is 0 Å². The highest BCUT2D eigenvalue weighted by molar-refractivity contribution is 4.90. The van der Waals surface area contributed by atoms with Gasteiger partial charge in [0.15, 0.2) is 0 Å². The van der Waals surface area contributed by atoms with Crippen LogP contribution in [0, 0.1) is 11.3 Å². The molecule has 0 aliphatic heterocycles. The van der Waals surface area contributed by atoms with Crippen LogP contribution >= 0.6 is 0 Å². The van der Waals surface area contributed by atoms with E-state index in [4.69, 9.17) is 0 Å². The zero-order valence-corrected chi connectivity index (χ0v) is 14.1. The molecule has 2 unspecified atom stereocenters. The molecule has 0 amide bonds. The summed E-state index contributed by atoms with van der Waals surface area (Å²) in [5.74, 6) is 0.817. The molecule has 0 aromatic rings. The highest BCUT2D eigenvalue weighted by Gasteiger charge is 2.35. The summed E-state index contributed by atoms with van der Waals surface area (Å²) in [6.45, 7) is 17.7. The zero-order chi connectivity index (χ0) is 14.5. The van der Waals surface area contributed by atoms with Crippen LogP contribution < -0.4 is 5.32 Å². The van der Waals surface area contributed by atoms with E-state index in [1.165, 1.54) is 38.8 Å². The highest BCUT2D eigenvalue weighted by atomic mass is 15.1. The molecule has 2 atom stereocenters. The highest BCUT2D eigenvalue weighted by Crippen LogP contribution is 2.39. The SMILES string of the molecule is CCCN(CC1CC(C)(C)CCC1NCC)C(C)C. The second-order valence-corrected chi connectivity index (χ2v) is 7.42. The van der Waals surface area contributed by atoms with Crippen molar-refractivity contribution in [2.75, 3.05) is 19.6 Å². The van der Waals surface area contributed by atoms with Gasteiger partial charge in [-0.05, 0) is 64.0 Å². The van der Waals surface area contributed by atoms with Crippen molar-refractivity contribution in [2.45, 2.75) is 79.3 Å². The van der Waals surface area contributed by atoms with Crippen LogP contribution in [0.4, 0.5) is 0 Å². The van der Waals surface area contributed by atoms with Crippen molar-refractivity contribution in [1.82, 2.24) is 10.2 Å². The van der Waals surface area contributed by atoms with Gasteiger partial charge in [0.05, 0.1) is 0 Å². The average molecular weight is 268 g/mol. The molecular formula is C17H36N2. The van der Waals surface area contributed by atoms with Gasteiger partial charge in [-0.1, -0.05) is 27.7 Å². The summed E-state index contributed by atoms with van der Waals surface area (Å²) in [6.07, 6.45) is 5.36. The fourth-order valence-corrected chi connectivity index (χ4v) is 3.61. The lowest BCUT2D eigenvalue weighted by atomic mass is 9.69. The van der Waals surface area contributed by atoms with Gasteiger partial charge in [0, 0.05) is 18.6 Å². The van der Waals surface area contributed by atoms with Crippen LogP contribution in [0.15, 0.2) is 0 Å². The zero-order valence-electron chi connectivity index (χ0n) is 14.1. The Labute approximate surface area is 121 Å². The molecule has 0 aromatic carbocycles. The van der Waals surface area contributed by atoms with E-state index in [0.29, 0.717) is 11.5 Å². The van der Waals surface area contributed by atoms with Crippen molar-refractivity contribution in [3.05, 3.63) is 0 Å². The minimum absolute atomic E-state index is 0.533. The maximum absolute atomic E-state index is 3.73. The van der Waals surface area contributed by atoms with Crippen molar-refractivity contribution in [1.29, 1.82) is 0 Å². The van der Waals surface area contributed by atoms with Crippen molar-refractivity contribution in [3.8, 4) is 0 Å². The Balaban J connectivity index is 2.67. The monoisotopic (exact) mass is 268 g/mol. The van der Waals surface area contributed by atoms with Crippen LogP contribution in [0.1, 0.15) is 67.2 Å². The summed E-state index contributed by atoms with van der Waals surface area (Å²) in [4.78, 5) is 2.68. The molecule has 0 spiro atoms. The first-order valence-corrected chi connectivity index (χ1v) is 8.37. The molecule has 19 heavy (non-hydrogen) atoms. The second kappa shape index (κ2) is 7.64. The fourth-order valence-electron chi connectivity index (χ4n) is 3.61. The van der Waals surface area contributed by atoms with Gasteiger partial charge < -0.3 is 10.2 Å². The number of nitrogens with one attached hydrogen (secondary N) is 1. The van der Waals surface area contributed by atoms with Crippen LogP contribution in [0.2, 0.25) is 0 Å². The molecule has 2 heteroatoms. The molecule has 1 N–H and O–H groups in total. The molecule has 0 saturated heterocycles. The quantitative estimate of drug-likeness (QED) is 0.753. The van der Waals surface area contributed by atoms with E-state index in [2.05, 4.69) is 51.8 Å². The van der Waals surface area contributed by atoms with Gasteiger partial charge in [-0.25, -0.2) is 0 Å². The van der Waals surface area contributed by atoms with Crippen LogP contribution in [-0.4, -0.2) is 36.6 Å². The van der Waals surface area contributed by atoms with E-state index in [0.717, 1.165) is 18.5 Å². The van der Waals surface area contributed by atoms with E-state index in [1.807, 2.05) is 0 Å². The summed E-state index contributed by atoms with van der Waals surface area (Å²) in [7, 11) is 0. The fraction of sp³-hybridized carbons (Fsp3) is 1.00. The molecule has 2 nitrogen and oxygen atoms in total. The Morgan fingerprint density at radius 2 is 1.95 bits per heavy atom. The molecule has 1 aliphatic rings. The molecule has 0 radical (unpaired) electrons. The molecule has 1 rings (SSSR count). The van der Waals surface area contributed by atoms with Crippen LogP contribution in [-0.2, 0) is 0 Å². The largest absolute Gasteiger partial charge is 0.314 e. The maximum atomic E-state index is 3.73. The molecule has 114 valence electrons. The Hall–Kier alpha value is -0.0800. The molecule has 0 heterocycles. The minimum atomic E-state index is 0.533. The van der Waals surface area contributed by atoms with E-state index >= 15 is 0 Å². The van der Waals surface area contributed by atoms with Crippen molar-refractivity contribution in [3.63, 3.8) is 0 Å². The summed E-state index contributed by atoms with van der Waals surface area (Å²) in [6, 6.07) is 1.41. The van der Waals surface area contributed by atoms with Crippen LogP contribution in [0.25, 0.3) is 0 Å². The standard InChI is InChI=1S/C17H36N2/c1-7-11-19(14(3)4)13-15-12-17(5,6)10-9-16(15)18-8-2/h14-16,18H,7-13H2,1-6H3. The third kappa shape index (κ3) is 5.43. The van der Waals surface area contributed by atoms with Crippen LogP contribution in [0.5, 0.6) is 0 Å². The average Bonchev–Trinajstić information content (AvgIpc) is 2.31. The molecule has 1 aliphatic carbocycles. The number of rotatable bonds is 7. The lowest BCUT2D eigenvalue weighted by Gasteiger charge is -2.43. The van der Waals surface area contributed by atoms with Crippen molar-refractivity contribution >= 4 is 0 Å². The first-order chi connectivity index (χ1) is 8.89. The molecular weight excluding hydrogens is 232 g/mol. The Kier molecular flexibility index (Phi) is 6.82. The van der Waals surface area contributed by atoms with Gasteiger partial charge >= 0.3 is 0 Å². The first kappa shape index (κ1) is 17.0. The summed E-state index contributed by atoms with van der Waals surface area (Å²) in [5.41, 5.74) is 0.533. The predicted molar refractivity (Wildman–Crippen MR) is 85.6 cm³/mol. The van der Waals surface area contributed by atoms with Crippen molar-refractivity contribution < 1.29 is 0 Å². The molecule has 1 saturated carbocycles. The Bertz CT molecular complexity index is 248. The van der Waals surface area contributed by atoms with Gasteiger partial charge in [-0.3, -0.25) is 0 Å². The predicted octanol–water partition coefficient (Wildman–Crippen LogP) is 3.91. The minimum Gasteiger partial charge on any atom is -0.314 e. The third-order valence-electron chi connectivity index (χ3n) is 4.69. The van der Waals surface area contributed by atoms with E-state index in [9.17, 15) is 0 Å². The van der Waals surface area contributed by atoms with Gasteiger partial charge in [0.25, 0.3) is 0 Å². The van der Waals surface area contributed by atoms with Gasteiger partial charge in [-0.15, -0.1) is 0 Å². The molecule has 0 aromatic heterocycles. The number of hydrogen-bond acceptors (Lipinski definition) is 2. The summed E-state index contributed by atoms with van der Waals surface area (Å²) >= 11 is 0. The maximum Gasteiger partial charge on any atom is 0.0108 e.